The number of carboxylic acid groups (broad SMARTS) is 1. The highest BCUT2D eigenvalue weighted by Gasteiger charge is 2.61. The van der Waals surface area contributed by atoms with E-state index < -0.39 is 52.8 Å². The summed E-state index contributed by atoms with van der Waals surface area (Å²) in [5.74, 6) is -3.22. The third-order valence-electron chi connectivity index (χ3n) is 5.44. The van der Waals surface area contributed by atoms with Gasteiger partial charge in [0.05, 0.1) is 41.0 Å². The van der Waals surface area contributed by atoms with Crippen molar-refractivity contribution in [2.45, 2.75) is 31.2 Å². The van der Waals surface area contributed by atoms with Gasteiger partial charge in [-0.3, -0.25) is 9.36 Å². The first-order valence-corrected chi connectivity index (χ1v) is 8.17. The molecule has 3 atom stereocenters. The summed E-state index contributed by atoms with van der Waals surface area (Å²) >= 11 is 0. The van der Waals surface area contributed by atoms with Crippen LogP contribution in [0.15, 0.2) is 18.2 Å². The molecule has 1 aromatic heterocycles. The highest BCUT2D eigenvalue weighted by atomic mass is 19.4. The summed E-state index contributed by atoms with van der Waals surface area (Å²) in [7, 11) is 0. The fourth-order valence-corrected chi connectivity index (χ4v) is 4.20. The summed E-state index contributed by atoms with van der Waals surface area (Å²) in [5.41, 5.74) is -3.23. The number of hydrogen-bond acceptors (Lipinski definition) is 4. The molecule has 1 aromatic carbocycles. The molecule has 2 aliphatic heterocycles. The van der Waals surface area contributed by atoms with E-state index in [1.165, 1.54) is 6.92 Å². The Labute approximate surface area is 156 Å². The van der Waals surface area contributed by atoms with E-state index in [9.17, 15) is 33.3 Å². The van der Waals surface area contributed by atoms with Gasteiger partial charge in [-0.1, -0.05) is 6.07 Å². The number of halogens is 3. The maximum atomic E-state index is 13.3. The molecule has 1 fully saturated rings. The second-order valence-corrected chi connectivity index (χ2v) is 6.92. The van der Waals surface area contributed by atoms with E-state index in [1.54, 1.807) is 0 Å². The van der Waals surface area contributed by atoms with Gasteiger partial charge in [-0.2, -0.15) is 13.2 Å². The first-order chi connectivity index (χ1) is 13.0. The van der Waals surface area contributed by atoms with E-state index in [0.29, 0.717) is 6.07 Å². The number of hydrogen-bond donors (Lipinski definition) is 3. The van der Waals surface area contributed by atoms with Crippen molar-refractivity contribution in [1.29, 1.82) is 0 Å². The number of carboxylic acids is 1. The summed E-state index contributed by atoms with van der Waals surface area (Å²) in [6.07, 6.45) is -5.53. The summed E-state index contributed by atoms with van der Waals surface area (Å²) in [5, 5.41) is 30.7. The number of nitrogens with zero attached hydrogens (tertiary/aromatic N) is 2. The van der Waals surface area contributed by atoms with E-state index in [-0.39, 0.29) is 23.2 Å². The molecule has 10 heteroatoms. The van der Waals surface area contributed by atoms with Crippen LogP contribution in [0.4, 0.5) is 18.9 Å². The van der Waals surface area contributed by atoms with Crippen LogP contribution in [0.1, 0.15) is 36.1 Å². The lowest BCUT2D eigenvalue weighted by atomic mass is 9.77. The number of aliphatic carboxylic acids is 1. The summed E-state index contributed by atoms with van der Waals surface area (Å²) in [4.78, 5) is 14.4. The standard InChI is InChI=1S/C18H13F3N2O5/c1-17-9(16(26)27)6-11(28-17)12-13(17)15(25)23(14(12)24)7-3-4-10(22-2)8(5-7)18(19,20)21/h3-5,9,11,24-25H,6H2,1H3,(H,26,27)/t9-,11?,17?/m1/s1. The molecule has 7 nitrogen and oxygen atoms in total. The van der Waals surface area contributed by atoms with E-state index in [2.05, 4.69) is 4.85 Å². The van der Waals surface area contributed by atoms with Crippen LogP contribution in [0.5, 0.6) is 11.8 Å². The third kappa shape index (κ3) is 2.16. The van der Waals surface area contributed by atoms with Crippen molar-refractivity contribution in [2.75, 3.05) is 0 Å². The molecule has 0 aliphatic carbocycles. The van der Waals surface area contributed by atoms with Crippen LogP contribution in [0.25, 0.3) is 10.5 Å². The zero-order chi connectivity index (χ0) is 20.6. The first-order valence-electron chi connectivity index (χ1n) is 8.17. The molecule has 0 spiro atoms. The van der Waals surface area contributed by atoms with Crippen LogP contribution in [0.2, 0.25) is 0 Å². The summed E-state index contributed by atoms with van der Waals surface area (Å²) in [6, 6.07) is 2.76. The largest absolute Gasteiger partial charge is 0.494 e. The molecule has 3 N–H and O–H groups in total. The third-order valence-corrected chi connectivity index (χ3v) is 5.44. The molecule has 0 amide bonds. The summed E-state index contributed by atoms with van der Waals surface area (Å²) < 4.78 is 46.3. The Bertz CT molecular complexity index is 1070. The van der Waals surface area contributed by atoms with Gasteiger partial charge in [0, 0.05) is 0 Å². The maximum Gasteiger partial charge on any atom is 0.407 e. The molecule has 1 saturated heterocycles. The smallest absolute Gasteiger partial charge is 0.407 e. The number of rotatable bonds is 2. The molecule has 2 bridgehead atoms. The normalized spacial score (nSPS) is 25.5. The molecule has 2 aromatic rings. The number of fused-ring (bicyclic) bond motifs is 5. The maximum absolute atomic E-state index is 13.3. The van der Waals surface area contributed by atoms with Crippen LogP contribution >= 0.6 is 0 Å². The van der Waals surface area contributed by atoms with Gasteiger partial charge < -0.3 is 20.1 Å². The fourth-order valence-electron chi connectivity index (χ4n) is 4.20. The molecule has 146 valence electrons. The first kappa shape index (κ1) is 18.2. The van der Waals surface area contributed by atoms with Gasteiger partial charge in [0.25, 0.3) is 0 Å². The van der Waals surface area contributed by atoms with E-state index in [0.717, 1.165) is 16.7 Å². The van der Waals surface area contributed by atoms with Gasteiger partial charge in [0.15, 0.2) is 5.69 Å². The van der Waals surface area contributed by atoms with Crippen LogP contribution in [0, 0.1) is 12.5 Å². The number of aromatic hydroxyl groups is 2. The fraction of sp³-hybridized carbons (Fsp3) is 0.333. The highest BCUT2D eigenvalue weighted by Crippen LogP contribution is 2.63. The van der Waals surface area contributed by atoms with Gasteiger partial charge in [0.2, 0.25) is 11.8 Å². The lowest BCUT2D eigenvalue weighted by Gasteiger charge is -2.26. The van der Waals surface area contributed by atoms with Crippen molar-refractivity contribution in [3.05, 3.63) is 46.3 Å². The number of alkyl halides is 3. The zero-order valence-electron chi connectivity index (χ0n) is 14.3. The second-order valence-electron chi connectivity index (χ2n) is 6.92. The van der Waals surface area contributed by atoms with Gasteiger partial charge in [0.1, 0.15) is 5.60 Å². The molecule has 3 heterocycles. The Morgan fingerprint density at radius 2 is 2.04 bits per heavy atom. The van der Waals surface area contributed by atoms with E-state index >= 15 is 0 Å². The van der Waals surface area contributed by atoms with Gasteiger partial charge in [-0.25, -0.2) is 4.85 Å². The summed E-state index contributed by atoms with van der Waals surface area (Å²) in [6.45, 7) is 8.36. The van der Waals surface area contributed by atoms with Crippen molar-refractivity contribution in [2.24, 2.45) is 5.92 Å². The van der Waals surface area contributed by atoms with E-state index in [1.807, 2.05) is 0 Å². The molecule has 0 radical (unpaired) electrons. The topological polar surface area (TPSA) is 96.3 Å². The number of benzene rings is 1. The van der Waals surface area contributed by atoms with Crippen LogP contribution in [0.3, 0.4) is 0 Å². The lowest BCUT2D eigenvalue weighted by Crippen LogP contribution is -2.33. The van der Waals surface area contributed by atoms with Crippen molar-refractivity contribution in [1.82, 2.24) is 4.57 Å². The van der Waals surface area contributed by atoms with Crippen molar-refractivity contribution in [3.8, 4) is 17.4 Å². The minimum atomic E-state index is -4.81. The van der Waals surface area contributed by atoms with E-state index in [4.69, 9.17) is 11.3 Å². The average Bonchev–Trinajstić information content (AvgIpc) is 3.20. The molecule has 28 heavy (non-hydrogen) atoms. The van der Waals surface area contributed by atoms with Gasteiger partial charge in [-0.15, -0.1) is 0 Å². The lowest BCUT2D eigenvalue weighted by molar-refractivity contribution is -0.148. The zero-order valence-corrected chi connectivity index (χ0v) is 14.3. The van der Waals surface area contributed by atoms with Gasteiger partial charge in [-0.05, 0) is 25.5 Å². The molecule has 4 rings (SSSR count). The highest BCUT2D eigenvalue weighted by molar-refractivity contribution is 5.75. The second kappa shape index (κ2) is 5.42. The molecular formula is C18H13F3N2O5. The molecule has 2 unspecified atom stereocenters. The van der Waals surface area contributed by atoms with Crippen molar-refractivity contribution in [3.63, 3.8) is 0 Å². The van der Waals surface area contributed by atoms with Crippen LogP contribution in [-0.4, -0.2) is 25.9 Å². The number of aromatic nitrogens is 1. The number of carbonyl (C=O) groups is 1. The Kier molecular flexibility index (Phi) is 3.52. The monoisotopic (exact) mass is 394 g/mol. The van der Waals surface area contributed by atoms with Crippen LogP contribution in [-0.2, 0) is 21.3 Å². The SMILES string of the molecule is [C-]#[N+]c1ccc(-n2c(O)c3c(c2O)C2(C)OC3C[C@@H]2C(=O)O)cc1C(F)(F)F. The Morgan fingerprint density at radius 1 is 1.36 bits per heavy atom. The van der Waals surface area contributed by atoms with Crippen molar-refractivity contribution >= 4 is 11.7 Å². The van der Waals surface area contributed by atoms with Gasteiger partial charge >= 0.3 is 12.1 Å². The molecule has 0 saturated carbocycles. The molecular weight excluding hydrogens is 381 g/mol. The predicted octanol–water partition coefficient (Wildman–Crippen LogP) is 3.85. The average molecular weight is 394 g/mol. The molecule has 2 aliphatic rings. The predicted molar refractivity (Wildman–Crippen MR) is 87.3 cm³/mol. The quantitative estimate of drug-likeness (QED) is 0.673. The van der Waals surface area contributed by atoms with Crippen LogP contribution < -0.4 is 0 Å². The minimum absolute atomic E-state index is 0.0523. The Morgan fingerprint density at radius 3 is 2.61 bits per heavy atom. The minimum Gasteiger partial charge on any atom is -0.494 e. The Balaban J connectivity index is 1.93. The Hall–Kier alpha value is -3.19. The van der Waals surface area contributed by atoms with Crippen molar-refractivity contribution < 1.29 is 38.0 Å². The number of ether oxygens (including phenoxy) is 1.